The van der Waals surface area contributed by atoms with E-state index in [9.17, 15) is 24.1 Å². The second kappa shape index (κ2) is 9.57. The molecule has 0 radical (unpaired) electrons. The Kier molecular flexibility index (Phi) is 7.20. The van der Waals surface area contributed by atoms with Gasteiger partial charge in [-0.05, 0) is 26.0 Å². The van der Waals surface area contributed by atoms with Gasteiger partial charge in [-0.1, -0.05) is 18.2 Å². The van der Waals surface area contributed by atoms with Crippen molar-refractivity contribution in [1.29, 1.82) is 0 Å². The van der Waals surface area contributed by atoms with E-state index in [1.165, 1.54) is 19.1 Å². The van der Waals surface area contributed by atoms with Crippen LogP contribution in [0, 0.1) is 0 Å². The van der Waals surface area contributed by atoms with Gasteiger partial charge in [-0.3, -0.25) is 23.7 Å². The lowest BCUT2D eigenvalue weighted by atomic mass is 9.98. The fourth-order valence-electron chi connectivity index (χ4n) is 3.14. The number of aromatic amines is 1. The van der Waals surface area contributed by atoms with Crippen LogP contribution in [0.1, 0.15) is 20.1 Å². The Bertz CT molecular complexity index is 1150. The van der Waals surface area contributed by atoms with E-state index in [1.54, 1.807) is 18.2 Å². The monoisotopic (exact) mass is 487 g/mol. The highest BCUT2D eigenvalue weighted by atomic mass is 31.2. The Labute approximate surface area is 186 Å². The second-order valence-corrected chi connectivity index (χ2v) is 9.22. The van der Waals surface area contributed by atoms with E-state index in [0.29, 0.717) is 0 Å². The number of H-pyrrole nitrogens is 1. The molecule has 4 N–H and O–H groups in total. The zero-order valence-electron chi connectivity index (χ0n) is 17.6. The summed E-state index contributed by atoms with van der Waals surface area (Å²) in [4.78, 5) is 36.5. The molecule has 2 aromatic rings. The number of nitrogens with one attached hydrogen (secondary N) is 2. The minimum atomic E-state index is -4.34. The average molecular weight is 487 g/mol. The van der Waals surface area contributed by atoms with Gasteiger partial charge in [0.15, 0.2) is 11.9 Å². The maximum atomic E-state index is 15.3. The molecule has 0 aliphatic carbocycles. The van der Waals surface area contributed by atoms with Gasteiger partial charge in [0.2, 0.25) is 0 Å². The molecule has 1 unspecified atom stereocenters. The number of carboxylic acid groups (broad SMARTS) is 1. The normalized spacial score (nSPS) is 27.6. The molecule has 33 heavy (non-hydrogen) atoms. The zero-order valence-corrected chi connectivity index (χ0v) is 18.5. The first-order valence-electron chi connectivity index (χ1n) is 9.77. The maximum Gasteiger partial charge on any atom is 0.459 e. The second-order valence-electron chi connectivity index (χ2n) is 7.53. The van der Waals surface area contributed by atoms with Crippen LogP contribution in [0.15, 0.2) is 52.2 Å². The number of benzene rings is 1. The number of aliphatic hydroxyl groups excluding tert-OH is 1. The molecule has 1 aromatic heterocycles. The van der Waals surface area contributed by atoms with Crippen LogP contribution >= 0.6 is 7.75 Å². The molecule has 3 rings (SSSR count). The van der Waals surface area contributed by atoms with Gasteiger partial charge >= 0.3 is 19.4 Å². The summed E-state index contributed by atoms with van der Waals surface area (Å²) in [6.07, 6.45) is -3.87. The number of hydrogen-bond acceptors (Lipinski definition) is 8. The van der Waals surface area contributed by atoms with Gasteiger partial charge < -0.3 is 19.5 Å². The largest absolute Gasteiger partial charge is 0.480 e. The highest BCUT2D eigenvalue weighted by Gasteiger charge is 2.55. The molecular formula is C19H23FN3O9P. The average Bonchev–Trinajstić information content (AvgIpc) is 2.96. The molecule has 1 fully saturated rings. The third kappa shape index (κ3) is 5.57. The first kappa shape index (κ1) is 24.8. The number of ether oxygens (including phenoxy) is 1. The van der Waals surface area contributed by atoms with Gasteiger partial charge in [0.05, 0.1) is 6.61 Å². The minimum Gasteiger partial charge on any atom is -0.480 e. The topological polar surface area (TPSA) is 169 Å². The van der Waals surface area contributed by atoms with Crippen LogP contribution in [-0.2, 0) is 18.6 Å². The minimum absolute atomic E-state index is 0.104. The summed E-state index contributed by atoms with van der Waals surface area (Å²) >= 11 is 0. The Morgan fingerprint density at radius 3 is 2.64 bits per heavy atom. The summed E-state index contributed by atoms with van der Waals surface area (Å²) in [7, 11) is -4.34. The van der Waals surface area contributed by atoms with Crippen LogP contribution < -0.4 is 20.9 Å². The number of hydrogen-bond donors (Lipinski definition) is 4. The van der Waals surface area contributed by atoms with Crippen molar-refractivity contribution in [1.82, 2.24) is 14.6 Å². The molecular weight excluding hydrogens is 464 g/mol. The van der Waals surface area contributed by atoms with E-state index in [0.717, 1.165) is 23.8 Å². The SMILES string of the molecule is C[C@@H](NP(=O)(OC[C@H]1O[C@@H](n2ccc(=O)[nH]c2=O)[C@](C)(F)[C@@H]1O)Oc1ccccc1)C(=O)O. The van der Waals surface area contributed by atoms with Crippen molar-refractivity contribution < 1.29 is 37.7 Å². The van der Waals surface area contributed by atoms with Gasteiger partial charge in [-0.25, -0.2) is 13.8 Å². The number of nitrogens with zero attached hydrogens (tertiary/aromatic N) is 1. The van der Waals surface area contributed by atoms with Crippen molar-refractivity contribution in [3.63, 3.8) is 0 Å². The highest BCUT2D eigenvalue weighted by molar-refractivity contribution is 7.52. The lowest BCUT2D eigenvalue weighted by molar-refractivity contribution is -0.138. The van der Waals surface area contributed by atoms with Gasteiger partial charge in [0, 0.05) is 12.3 Å². The van der Waals surface area contributed by atoms with E-state index < -0.39 is 61.7 Å². The number of para-hydroxylation sites is 1. The van der Waals surface area contributed by atoms with Crippen LogP contribution in [0.25, 0.3) is 0 Å². The Balaban J connectivity index is 1.80. The third-order valence-corrected chi connectivity index (χ3v) is 6.56. The summed E-state index contributed by atoms with van der Waals surface area (Å²) in [6.45, 7) is 1.52. The number of aromatic nitrogens is 2. The number of halogens is 1. The van der Waals surface area contributed by atoms with Crippen LogP contribution in [0.4, 0.5) is 4.39 Å². The maximum absolute atomic E-state index is 15.3. The van der Waals surface area contributed by atoms with E-state index in [2.05, 4.69) is 5.09 Å². The van der Waals surface area contributed by atoms with Gasteiger partial charge in [0.25, 0.3) is 5.56 Å². The van der Waals surface area contributed by atoms with Gasteiger partial charge in [0.1, 0.15) is 24.0 Å². The summed E-state index contributed by atoms with van der Waals surface area (Å²) in [5.41, 5.74) is -4.16. The highest BCUT2D eigenvalue weighted by Crippen LogP contribution is 2.47. The smallest absolute Gasteiger partial charge is 0.459 e. The number of rotatable bonds is 9. The number of alkyl halides is 1. The lowest BCUT2D eigenvalue weighted by Crippen LogP contribution is -2.43. The van der Waals surface area contributed by atoms with Crippen LogP contribution in [0.2, 0.25) is 0 Å². The van der Waals surface area contributed by atoms with Crippen LogP contribution in [0.5, 0.6) is 5.75 Å². The standard InChI is InChI=1S/C19H23FN3O9P/c1-11(16(26)27)22-33(29,32-12-6-4-3-5-7-12)30-10-13-15(25)19(2,20)17(31-13)23-9-8-14(24)21-18(23)28/h3-9,11,13,15,17,25H,10H2,1-2H3,(H,22,29)(H,26,27)(H,21,24,28)/t11-,13-,15-,17-,19-,33?/m1/s1. The molecule has 0 amide bonds. The summed E-state index contributed by atoms with van der Waals surface area (Å²) in [5.74, 6) is -1.23. The molecule has 6 atom stereocenters. The lowest BCUT2D eigenvalue weighted by Gasteiger charge is -2.25. The van der Waals surface area contributed by atoms with Crippen molar-refractivity contribution in [2.75, 3.05) is 6.61 Å². The molecule has 1 saturated heterocycles. The first-order chi connectivity index (χ1) is 15.4. The molecule has 12 nitrogen and oxygen atoms in total. The third-order valence-electron chi connectivity index (χ3n) is 4.92. The van der Waals surface area contributed by atoms with Crippen LogP contribution in [0.3, 0.4) is 0 Å². The molecule has 1 aromatic carbocycles. The number of carbonyl (C=O) groups is 1. The van der Waals surface area contributed by atoms with Gasteiger partial charge in [-0.2, -0.15) is 5.09 Å². The molecule has 14 heteroatoms. The van der Waals surface area contributed by atoms with Crippen molar-refractivity contribution in [2.45, 2.75) is 44.0 Å². The van der Waals surface area contributed by atoms with Crippen molar-refractivity contribution in [2.24, 2.45) is 0 Å². The van der Waals surface area contributed by atoms with Crippen molar-refractivity contribution in [3.8, 4) is 5.75 Å². The molecule has 2 heterocycles. The predicted octanol–water partition coefficient (Wildman–Crippen LogP) is 0.789. The summed E-state index contributed by atoms with van der Waals surface area (Å²) < 4.78 is 45.4. The number of aliphatic hydroxyl groups is 1. The summed E-state index contributed by atoms with van der Waals surface area (Å²) in [6, 6.07) is 7.41. The van der Waals surface area contributed by atoms with E-state index >= 15 is 4.39 Å². The quantitative estimate of drug-likeness (QED) is 0.371. The van der Waals surface area contributed by atoms with Crippen molar-refractivity contribution >= 4 is 13.7 Å². The first-order valence-corrected chi connectivity index (χ1v) is 11.3. The molecule has 0 spiro atoms. The molecule has 0 saturated carbocycles. The zero-order chi connectivity index (χ0) is 24.4. The molecule has 1 aliphatic heterocycles. The molecule has 0 bridgehead atoms. The predicted molar refractivity (Wildman–Crippen MR) is 112 cm³/mol. The van der Waals surface area contributed by atoms with E-state index in [1.807, 2.05) is 4.98 Å². The Morgan fingerprint density at radius 1 is 1.36 bits per heavy atom. The number of carboxylic acids is 1. The molecule has 180 valence electrons. The van der Waals surface area contributed by atoms with Gasteiger partial charge in [-0.15, -0.1) is 0 Å². The Morgan fingerprint density at radius 2 is 2.03 bits per heavy atom. The Hall–Kier alpha value is -2.83. The van der Waals surface area contributed by atoms with Crippen molar-refractivity contribution in [3.05, 3.63) is 63.4 Å². The fraction of sp³-hybridized carbons (Fsp3) is 0.421. The van der Waals surface area contributed by atoms with E-state index in [-0.39, 0.29) is 5.75 Å². The van der Waals surface area contributed by atoms with E-state index in [4.69, 9.17) is 18.9 Å². The fourth-order valence-corrected chi connectivity index (χ4v) is 4.64. The van der Waals surface area contributed by atoms with Crippen LogP contribution in [-0.4, -0.2) is 56.3 Å². The summed E-state index contributed by atoms with van der Waals surface area (Å²) in [5, 5.41) is 21.8. The number of aliphatic carboxylic acids is 1. The molecule has 1 aliphatic rings.